The summed E-state index contributed by atoms with van der Waals surface area (Å²) in [5.41, 5.74) is -0.130. The van der Waals surface area contributed by atoms with Crippen LogP contribution in [0.15, 0.2) is 47.7 Å². The molecule has 3 aliphatic heterocycles. The monoisotopic (exact) mass is 634 g/mol. The van der Waals surface area contributed by atoms with Crippen molar-refractivity contribution in [1.82, 2.24) is 5.06 Å². The molecule has 8 nitrogen and oxygen atoms in total. The highest BCUT2D eigenvalue weighted by Crippen LogP contribution is 2.54. The van der Waals surface area contributed by atoms with Gasteiger partial charge in [0.05, 0.1) is 17.3 Å². The molecule has 236 valence electrons. The molecule has 4 atom stereocenters. The van der Waals surface area contributed by atoms with Gasteiger partial charge in [0.25, 0.3) is 0 Å². The van der Waals surface area contributed by atoms with E-state index in [2.05, 4.69) is 0 Å². The Labute approximate surface area is 258 Å². The molecule has 12 heteroatoms. The summed E-state index contributed by atoms with van der Waals surface area (Å²) in [7, 11) is 0. The maximum Gasteiger partial charge on any atom is 0.387 e. The standard InChI is InChI=1S/C32H34ClF3N2O6/c1-32(2,3)43-30(41)17-9-12-23(22(34)13-17)37-18-10-11-19(37)15-20(14-18)38-27(26(29(39)40)28(44-38)16-7-8-16)25-21(33)5-4-6-24(25)42-31(35)36/h4-6,9,12-13,16,18-20,27,31H,7-8,10-11,14-15H2,1-3H3,(H,39,40)/t18-,19+,20?,27-/m0/s1. The molecular formula is C32H34ClF3N2O6. The molecule has 1 N–H and O–H groups in total. The van der Waals surface area contributed by atoms with Gasteiger partial charge in [-0.3, -0.25) is 0 Å². The SMILES string of the molecule is CC(C)(C)OC(=O)c1ccc(N2[C@@H]3CC[C@H]2CC(N2OC(C4CC4)=C(C(=O)O)[C@@H]2c2c(Cl)cccc2OC(F)F)C3)c(F)c1. The van der Waals surface area contributed by atoms with Gasteiger partial charge in [-0.2, -0.15) is 8.78 Å². The number of benzene rings is 2. The fourth-order valence-corrected chi connectivity index (χ4v) is 7.08. The maximum atomic E-state index is 15.5. The van der Waals surface area contributed by atoms with E-state index in [1.807, 2.05) is 4.90 Å². The molecule has 3 heterocycles. The van der Waals surface area contributed by atoms with Crippen molar-refractivity contribution in [3.8, 4) is 5.75 Å². The van der Waals surface area contributed by atoms with Gasteiger partial charge in [-0.05, 0) is 89.6 Å². The van der Waals surface area contributed by atoms with E-state index in [9.17, 15) is 23.5 Å². The van der Waals surface area contributed by atoms with E-state index in [0.29, 0.717) is 24.3 Å². The van der Waals surface area contributed by atoms with Crippen LogP contribution in [0.1, 0.15) is 81.3 Å². The molecule has 0 spiro atoms. The lowest BCUT2D eigenvalue weighted by Crippen LogP contribution is -2.51. The number of hydrogen-bond donors (Lipinski definition) is 1. The fraction of sp³-hybridized carbons (Fsp3) is 0.500. The predicted octanol–water partition coefficient (Wildman–Crippen LogP) is 7.27. The molecule has 2 aromatic rings. The summed E-state index contributed by atoms with van der Waals surface area (Å²) < 4.78 is 52.6. The van der Waals surface area contributed by atoms with Gasteiger partial charge in [-0.15, -0.1) is 5.06 Å². The summed E-state index contributed by atoms with van der Waals surface area (Å²) in [6.45, 7) is 2.09. The second-order valence-corrected chi connectivity index (χ2v) is 13.2. The number of ether oxygens (including phenoxy) is 2. The van der Waals surface area contributed by atoms with Crippen LogP contribution in [-0.2, 0) is 14.4 Å². The third-order valence-corrected chi connectivity index (χ3v) is 8.94. The van der Waals surface area contributed by atoms with Crippen molar-refractivity contribution < 1.29 is 42.2 Å². The van der Waals surface area contributed by atoms with Crippen molar-refractivity contribution in [2.45, 2.75) is 95.7 Å². The van der Waals surface area contributed by atoms with Crippen LogP contribution >= 0.6 is 11.6 Å². The van der Waals surface area contributed by atoms with E-state index >= 15 is 4.39 Å². The highest BCUT2D eigenvalue weighted by atomic mass is 35.5. The Morgan fingerprint density at radius 2 is 1.73 bits per heavy atom. The van der Waals surface area contributed by atoms with E-state index in [1.54, 1.807) is 38.0 Å². The number of fused-ring (bicyclic) bond motifs is 2. The van der Waals surface area contributed by atoms with Crippen molar-refractivity contribution in [3.05, 3.63) is 69.7 Å². The van der Waals surface area contributed by atoms with E-state index in [0.717, 1.165) is 25.7 Å². The summed E-state index contributed by atoms with van der Waals surface area (Å²) in [4.78, 5) is 33.6. The predicted molar refractivity (Wildman–Crippen MR) is 155 cm³/mol. The summed E-state index contributed by atoms with van der Waals surface area (Å²) in [5.74, 6) is -2.32. The number of allylic oxidation sites excluding steroid dienone is 1. The molecule has 0 aromatic heterocycles. The van der Waals surface area contributed by atoms with E-state index in [1.165, 1.54) is 24.3 Å². The van der Waals surface area contributed by atoms with Crippen molar-refractivity contribution >= 4 is 29.2 Å². The Hall–Kier alpha value is -3.44. The number of hydrogen-bond acceptors (Lipinski definition) is 7. The molecule has 2 saturated heterocycles. The van der Waals surface area contributed by atoms with Crippen molar-refractivity contribution in [2.75, 3.05) is 4.90 Å². The van der Waals surface area contributed by atoms with Crippen molar-refractivity contribution in [2.24, 2.45) is 5.92 Å². The molecule has 0 amide bonds. The first-order valence-electron chi connectivity index (χ1n) is 14.8. The first-order chi connectivity index (χ1) is 20.8. The minimum atomic E-state index is -3.14. The van der Waals surface area contributed by atoms with Gasteiger partial charge >= 0.3 is 18.6 Å². The molecule has 1 unspecified atom stereocenters. The van der Waals surface area contributed by atoms with Gasteiger partial charge in [-0.25, -0.2) is 14.0 Å². The van der Waals surface area contributed by atoms with Crippen LogP contribution in [0.4, 0.5) is 18.9 Å². The van der Waals surface area contributed by atoms with E-state index < -0.39 is 36.0 Å². The average molecular weight is 635 g/mol. The van der Waals surface area contributed by atoms with Crippen LogP contribution in [0.3, 0.4) is 0 Å². The number of nitrogens with zero attached hydrogens (tertiary/aromatic N) is 2. The molecule has 4 aliphatic rings. The third-order valence-electron chi connectivity index (χ3n) is 8.61. The zero-order chi connectivity index (χ0) is 31.5. The number of carboxylic acids is 1. The van der Waals surface area contributed by atoms with Crippen LogP contribution in [0.2, 0.25) is 5.02 Å². The minimum absolute atomic E-state index is 0.0294. The summed E-state index contributed by atoms with van der Waals surface area (Å²) in [5, 5.41) is 12.0. The minimum Gasteiger partial charge on any atom is -0.478 e. The Morgan fingerprint density at radius 1 is 1.05 bits per heavy atom. The lowest BCUT2D eigenvalue weighted by Gasteiger charge is -2.44. The number of anilines is 1. The Kier molecular flexibility index (Phi) is 7.98. The second kappa shape index (κ2) is 11.5. The van der Waals surface area contributed by atoms with Crippen molar-refractivity contribution in [1.29, 1.82) is 0 Å². The number of carboxylic acid groups (broad SMARTS) is 1. The van der Waals surface area contributed by atoms with E-state index in [4.69, 9.17) is 25.9 Å². The van der Waals surface area contributed by atoms with Gasteiger partial charge in [-0.1, -0.05) is 17.7 Å². The number of esters is 1. The molecule has 1 aliphatic carbocycles. The van der Waals surface area contributed by atoms with Gasteiger partial charge in [0.15, 0.2) is 0 Å². The fourth-order valence-electron chi connectivity index (χ4n) is 6.81. The molecular weight excluding hydrogens is 601 g/mol. The summed E-state index contributed by atoms with van der Waals surface area (Å²) >= 11 is 6.57. The molecule has 44 heavy (non-hydrogen) atoms. The normalized spacial score (nSPS) is 25.4. The van der Waals surface area contributed by atoms with Crippen LogP contribution in [0.5, 0.6) is 5.75 Å². The number of alkyl halides is 2. The zero-order valence-electron chi connectivity index (χ0n) is 24.6. The van der Waals surface area contributed by atoms with Gasteiger partial charge in [0, 0.05) is 28.6 Å². The van der Waals surface area contributed by atoms with Crippen LogP contribution in [0, 0.1) is 11.7 Å². The van der Waals surface area contributed by atoms with Crippen molar-refractivity contribution in [3.63, 3.8) is 0 Å². The molecule has 2 bridgehead atoms. The second-order valence-electron chi connectivity index (χ2n) is 12.8. The number of hydroxylamine groups is 2. The lowest BCUT2D eigenvalue weighted by atomic mass is 9.91. The largest absolute Gasteiger partial charge is 0.478 e. The van der Waals surface area contributed by atoms with Gasteiger partial charge in [0.1, 0.15) is 34.5 Å². The number of piperidine rings is 1. The van der Waals surface area contributed by atoms with E-state index in [-0.39, 0.29) is 51.5 Å². The Morgan fingerprint density at radius 3 is 2.30 bits per heavy atom. The summed E-state index contributed by atoms with van der Waals surface area (Å²) in [6, 6.07) is 7.07. The smallest absolute Gasteiger partial charge is 0.387 e. The lowest BCUT2D eigenvalue weighted by molar-refractivity contribution is -0.164. The number of halogens is 4. The van der Waals surface area contributed by atoms with Crippen LogP contribution in [-0.4, -0.2) is 52.4 Å². The van der Waals surface area contributed by atoms with Crippen LogP contribution < -0.4 is 9.64 Å². The Bertz CT molecular complexity index is 1490. The number of aliphatic carboxylic acids is 1. The van der Waals surface area contributed by atoms with Gasteiger partial charge < -0.3 is 24.3 Å². The number of carbonyl (C=O) groups excluding carboxylic acids is 1. The maximum absolute atomic E-state index is 15.5. The third kappa shape index (κ3) is 5.83. The molecule has 6 rings (SSSR count). The molecule has 3 fully saturated rings. The highest BCUT2D eigenvalue weighted by molar-refractivity contribution is 6.31. The first kappa shape index (κ1) is 30.6. The number of carbonyl (C=O) groups is 2. The average Bonchev–Trinajstić information content (AvgIpc) is 3.65. The van der Waals surface area contributed by atoms with Gasteiger partial charge in [0.2, 0.25) is 0 Å². The molecule has 1 saturated carbocycles. The molecule has 0 radical (unpaired) electrons. The quantitative estimate of drug-likeness (QED) is 0.303. The highest BCUT2D eigenvalue weighted by Gasteiger charge is 2.53. The number of rotatable bonds is 8. The summed E-state index contributed by atoms with van der Waals surface area (Å²) in [6.07, 6.45) is 4.07. The Balaban J connectivity index is 1.30. The molecule has 2 aromatic carbocycles. The topological polar surface area (TPSA) is 88.5 Å². The zero-order valence-corrected chi connectivity index (χ0v) is 25.3. The van der Waals surface area contributed by atoms with Crippen LogP contribution in [0.25, 0.3) is 0 Å². The first-order valence-corrected chi connectivity index (χ1v) is 15.2.